The van der Waals surface area contributed by atoms with Crippen LogP contribution in [0.25, 0.3) is 0 Å². The third-order valence-corrected chi connectivity index (χ3v) is 4.29. The Bertz CT molecular complexity index is 685. The van der Waals surface area contributed by atoms with Crippen molar-refractivity contribution >= 4 is 6.03 Å². The molecule has 0 saturated carbocycles. The van der Waals surface area contributed by atoms with Crippen molar-refractivity contribution in [2.24, 2.45) is 0 Å². The van der Waals surface area contributed by atoms with Gasteiger partial charge in [-0.2, -0.15) is 0 Å². The zero-order valence-electron chi connectivity index (χ0n) is 12.8. The second-order valence-electron chi connectivity index (χ2n) is 5.90. The maximum absolute atomic E-state index is 11.6. The highest BCUT2D eigenvalue weighted by Gasteiger charge is 2.35. The maximum Gasteiger partial charge on any atom is 0.317 e. The lowest BCUT2D eigenvalue weighted by atomic mass is 10.2. The molecule has 0 bridgehead atoms. The molecule has 4 rings (SSSR count). The van der Waals surface area contributed by atoms with Crippen LogP contribution in [0.3, 0.4) is 0 Å². The molecule has 23 heavy (non-hydrogen) atoms. The summed E-state index contributed by atoms with van der Waals surface area (Å²) in [6, 6.07) is 13.7. The van der Waals surface area contributed by atoms with Crippen LogP contribution in [-0.2, 0) is 6.54 Å². The minimum absolute atomic E-state index is 0.0613. The van der Waals surface area contributed by atoms with Crippen LogP contribution < -0.4 is 10.1 Å². The van der Waals surface area contributed by atoms with Crippen molar-refractivity contribution in [2.45, 2.75) is 12.6 Å². The highest BCUT2D eigenvalue weighted by molar-refractivity contribution is 5.77. The molecule has 3 heterocycles. The first-order valence-electron chi connectivity index (χ1n) is 7.86. The number of rotatable bonds is 4. The van der Waals surface area contributed by atoms with Crippen LogP contribution in [0, 0.1) is 0 Å². The molecule has 2 aliphatic rings. The number of piperazine rings is 1. The van der Waals surface area contributed by atoms with E-state index >= 15 is 0 Å². The average Bonchev–Trinajstić information content (AvgIpc) is 3.15. The van der Waals surface area contributed by atoms with Crippen LogP contribution >= 0.6 is 0 Å². The zero-order valence-corrected chi connectivity index (χ0v) is 12.8. The Hall–Kier alpha value is -2.47. The van der Waals surface area contributed by atoms with Gasteiger partial charge >= 0.3 is 6.03 Å². The molecule has 6 nitrogen and oxygen atoms in total. The number of carbonyl (C=O) groups is 1. The smallest absolute Gasteiger partial charge is 0.317 e. The van der Waals surface area contributed by atoms with Crippen molar-refractivity contribution in [3.8, 4) is 11.7 Å². The number of para-hydroxylation sites is 1. The summed E-state index contributed by atoms with van der Waals surface area (Å²) >= 11 is 0. The molecule has 0 radical (unpaired) electrons. The number of hydrogen-bond donors (Lipinski definition) is 1. The number of urea groups is 1. The molecule has 2 fully saturated rings. The summed E-state index contributed by atoms with van der Waals surface area (Å²) in [6.45, 7) is 3.96. The third-order valence-electron chi connectivity index (χ3n) is 4.29. The van der Waals surface area contributed by atoms with Gasteiger partial charge in [0.1, 0.15) is 11.5 Å². The topological polar surface area (TPSA) is 58.0 Å². The predicted molar refractivity (Wildman–Crippen MR) is 84.4 cm³/mol. The molecule has 1 N–H and O–H groups in total. The molecule has 2 saturated heterocycles. The van der Waals surface area contributed by atoms with Crippen molar-refractivity contribution < 1.29 is 13.9 Å². The minimum atomic E-state index is 0.0613. The van der Waals surface area contributed by atoms with Crippen LogP contribution in [0.5, 0.6) is 11.7 Å². The van der Waals surface area contributed by atoms with Crippen molar-refractivity contribution in [1.82, 2.24) is 15.1 Å². The van der Waals surface area contributed by atoms with E-state index in [9.17, 15) is 4.79 Å². The van der Waals surface area contributed by atoms with E-state index in [0.717, 1.165) is 44.2 Å². The lowest BCUT2D eigenvalue weighted by molar-refractivity contribution is 0.110. The Morgan fingerprint density at radius 3 is 2.91 bits per heavy atom. The second kappa shape index (κ2) is 5.96. The molecule has 2 amide bonds. The standard InChI is InChI=1S/C17H19N3O3/c21-17-18-10-13-11-19(8-9-20(13)17)12-15-6-7-16(23-15)22-14-4-2-1-3-5-14/h1-7,13H,8-12H2,(H,18,21)/t13-/m0/s1. The number of amides is 2. The molecule has 0 unspecified atom stereocenters. The molecule has 2 aliphatic heterocycles. The number of nitrogens with zero attached hydrogens (tertiary/aromatic N) is 2. The van der Waals surface area contributed by atoms with E-state index < -0.39 is 0 Å². The number of hydrogen-bond acceptors (Lipinski definition) is 4. The summed E-state index contributed by atoms with van der Waals surface area (Å²) in [4.78, 5) is 15.8. The van der Waals surface area contributed by atoms with Gasteiger partial charge in [0.05, 0.1) is 12.6 Å². The van der Waals surface area contributed by atoms with Gasteiger partial charge in [0.2, 0.25) is 0 Å². The number of nitrogens with one attached hydrogen (secondary N) is 1. The Morgan fingerprint density at radius 2 is 2.04 bits per heavy atom. The van der Waals surface area contributed by atoms with E-state index in [2.05, 4.69) is 10.2 Å². The first-order valence-corrected chi connectivity index (χ1v) is 7.86. The van der Waals surface area contributed by atoms with Crippen molar-refractivity contribution in [1.29, 1.82) is 0 Å². The number of ether oxygens (including phenoxy) is 1. The van der Waals surface area contributed by atoms with Crippen LogP contribution in [0.1, 0.15) is 5.76 Å². The molecule has 2 aromatic rings. The van der Waals surface area contributed by atoms with E-state index in [-0.39, 0.29) is 12.1 Å². The molecule has 1 atom stereocenters. The fourth-order valence-electron chi connectivity index (χ4n) is 3.14. The number of benzene rings is 1. The van der Waals surface area contributed by atoms with Gasteiger partial charge in [-0.05, 0) is 18.2 Å². The minimum Gasteiger partial charge on any atom is -0.429 e. The van der Waals surface area contributed by atoms with Gasteiger partial charge in [0, 0.05) is 32.2 Å². The largest absolute Gasteiger partial charge is 0.429 e. The van der Waals surface area contributed by atoms with E-state index in [0.29, 0.717) is 5.95 Å². The van der Waals surface area contributed by atoms with E-state index in [1.807, 2.05) is 47.4 Å². The van der Waals surface area contributed by atoms with Gasteiger partial charge in [-0.15, -0.1) is 0 Å². The average molecular weight is 313 g/mol. The molecular weight excluding hydrogens is 294 g/mol. The zero-order chi connectivity index (χ0) is 15.6. The van der Waals surface area contributed by atoms with Crippen molar-refractivity contribution in [3.63, 3.8) is 0 Å². The molecule has 120 valence electrons. The summed E-state index contributed by atoms with van der Waals surface area (Å²) in [5.74, 6) is 2.14. The monoisotopic (exact) mass is 313 g/mol. The Labute approximate surface area is 134 Å². The lowest BCUT2D eigenvalue weighted by Gasteiger charge is -2.35. The van der Waals surface area contributed by atoms with Crippen molar-refractivity contribution in [2.75, 3.05) is 26.2 Å². The SMILES string of the molecule is O=C1NC[C@H]2CN(Cc3ccc(Oc4ccccc4)o3)CCN12. The van der Waals surface area contributed by atoms with Gasteiger partial charge in [-0.1, -0.05) is 18.2 Å². The van der Waals surface area contributed by atoms with Crippen LogP contribution in [0.4, 0.5) is 4.79 Å². The maximum atomic E-state index is 11.6. The van der Waals surface area contributed by atoms with Gasteiger partial charge < -0.3 is 19.4 Å². The van der Waals surface area contributed by atoms with E-state index in [4.69, 9.17) is 9.15 Å². The third kappa shape index (κ3) is 3.03. The molecular formula is C17H19N3O3. The normalized spacial score (nSPS) is 21.1. The van der Waals surface area contributed by atoms with Crippen LogP contribution in [0.15, 0.2) is 46.9 Å². The fourth-order valence-corrected chi connectivity index (χ4v) is 3.14. The number of furan rings is 1. The predicted octanol–water partition coefficient (Wildman–Crippen LogP) is 2.28. The van der Waals surface area contributed by atoms with Gasteiger partial charge in [-0.25, -0.2) is 4.79 Å². The van der Waals surface area contributed by atoms with Gasteiger partial charge in [-0.3, -0.25) is 4.90 Å². The van der Waals surface area contributed by atoms with E-state index in [1.54, 1.807) is 0 Å². The molecule has 1 aromatic carbocycles. The van der Waals surface area contributed by atoms with Gasteiger partial charge in [0.15, 0.2) is 0 Å². The van der Waals surface area contributed by atoms with Crippen LogP contribution in [-0.4, -0.2) is 48.1 Å². The molecule has 1 aromatic heterocycles. The second-order valence-corrected chi connectivity index (χ2v) is 5.90. The van der Waals surface area contributed by atoms with E-state index in [1.165, 1.54) is 0 Å². The molecule has 0 spiro atoms. The van der Waals surface area contributed by atoms with Crippen molar-refractivity contribution in [3.05, 3.63) is 48.2 Å². The Kier molecular flexibility index (Phi) is 3.67. The summed E-state index contributed by atoms with van der Waals surface area (Å²) < 4.78 is 11.4. The number of fused-ring (bicyclic) bond motifs is 1. The summed E-state index contributed by atoms with van der Waals surface area (Å²) in [5, 5.41) is 2.89. The van der Waals surface area contributed by atoms with Crippen LogP contribution in [0.2, 0.25) is 0 Å². The first kappa shape index (κ1) is 14.1. The van der Waals surface area contributed by atoms with Gasteiger partial charge in [0.25, 0.3) is 5.95 Å². The number of carbonyl (C=O) groups excluding carboxylic acids is 1. The lowest BCUT2D eigenvalue weighted by Crippen LogP contribution is -2.51. The Balaban J connectivity index is 1.36. The Morgan fingerprint density at radius 1 is 1.17 bits per heavy atom. The molecule has 0 aliphatic carbocycles. The summed E-state index contributed by atoms with van der Waals surface area (Å²) in [7, 11) is 0. The fraction of sp³-hybridized carbons (Fsp3) is 0.353. The highest BCUT2D eigenvalue weighted by Crippen LogP contribution is 2.25. The first-order chi connectivity index (χ1) is 11.3. The molecule has 6 heteroatoms. The summed E-state index contributed by atoms with van der Waals surface area (Å²) in [5.41, 5.74) is 0. The quantitative estimate of drug-likeness (QED) is 0.941. The highest BCUT2D eigenvalue weighted by atomic mass is 16.6. The summed E-state index contributed by atoms with van der Waals surface area (Å²) in [6.07, 6.45) is 0.